The lowest BCUT2D eigenvalue weighted by Crippen LogP contribution is -2.04. The molecule has 0 unspecified atom stereocenters. The van der Waals surface area contributed by atoms with Gasteiger partial charge >= 0.3 is 5.97 Å². The average Bonchev–Trinajstić information content (AvgIpc) is 2.28. The zero-order chi connectivity index (χ0) is 12.4. The Morgan fingerprint density at radius 1 is 1.53 bits per heavy atom. The van der Waals surface area contributed by atoms with E-state index in [0.717, 1.165) is 5.56 Å². The van der Waals surface area contributed by atoms with Gasteiger partial charge in [0.05, 0.1) is 11.1 Å². The molecule has 0 saturated heterocycles. The lowest BCUT2D eigenvalue weighted by Gasteiger charge is -2.08. The minimum atomic E-state index is -0.927. The summed E-state index contributed by atoms with van der Waals surface area (Å²) < 4.78 is 0. The first-order chi connectivity index (χ1) is 8.13. The summed E-state index contributed by atoms with van der Waals surface area (Å²) in [5, 5.41) is 10.5. The molecule has 0 bridgehead atoms. The van der Waals surface area contributed by atoms with Gasteiger partial charge < -0.3 is 5.11 Å². The third kappa shape index (κ3) is 2.37. The van der Waals surface area contributed by atoms with Gasteiger partial charge in [-0.05, 0) is 24.0 Å². The first kappa shape index (κ1) is 12.2. The summed E-state index contributed by atoms with van der Waals surface area (Å²) >= 11 is 7.43. The summed E-state index contributed by atoms with van der Waals surface area (Å²) in [6, 6.07) is 5.06. The summed E-state index contributed by atoms with van der Waals surface area (Å²) in [6.45, 7) is 0. The third-order valence-electron chi connectivity index (χ3n) is 2.42. The number of hydrogen-bond acceptors (Lipinski definition) is 3. The van der Waals surface area contributed by atoms with E-state index in [1.165, 1.54) is 0 Å². The summed E-state index contributed by atoms with van der Waals surface area (Å²) in [6.07, 6.45) is 3.54. The molecule has 0 aliphatic rings. The molecule has 0 aliphatic heterocycles. The number of aromatic carboxylic acids is 1. The van der Waals surface area contributed by atoms with Crippen LogP contribution in [0.5, 0.6) is 0 Å². The number of carboxylic acids is 1. The predicted octanol–water partition coefficient (Wildman–Crippen LogP) is 3.45. The molecule has 0 fully saturated rings. The molecule has 0 radical (unpaired) electrons. The molecule has 0 amide bonds. The van der Waals surface area contributed by atoms with E-state index in [9.17, 15) is 9.90 Å². The van der Waals surface area contributed by atoms with Crippen LogP contribution < -0.4 is 0 Å². The van der Waals surface area contributed by atoms with Gasteiger partial charge in [-0.15, -0.1) is 0 Å². The van der Waals surface area contributed by atoms with E-state index in [1.807, 2.05) is 6.26 Å². The first-order valence-corrected chi connectivity index (χ1v) is 6.70. The zero-order valence-corrected chi connectivity index (χ0v) is 10.7. The Morgan fingerprint density at radius 2 is 2.29 bits per heavy atom. The molecule has 1 N–H and O–H groups in total. The van der Waals surface area contributed by atoms with Gasteiger partial charge in [-0.3, -0.25) is 4.98 Å². The predicted molar refractivity (Wildman–Crippen MR) is 70.9 cm³/mol. The Morgan fingerprint density at radius 3 is 2.94 bits per heavy atom. The number of carbonyl (C=O) groups is 1. The highest BCUT2D eigenvalue weighted by Gasteiger charge is 2.15. The number of benzene rings is 1. The molecule has 0 spiro atoms. The minimum absolute atomic E-state index is 0.320. The number of halogens is 1. The standard InChI is InChI=1S/C12H10ClNO2S/c1-17-6-7-5-14-10-4-8(13)2-3-9(10)11(7)12(15)16/h2-5H,6H2,1H3,(H,15,16). The van der Waals surface area contributed by atoms with Crippen LogP contribution in [0.1, 0.15) is 15.9 Å². The molecule has 1 aromatic carbocycles. The van der Waals surface area contributed by atoms with Crippen molar-refractivity contribution in [1.29, 1.82) is 0 Å². The number of nitrogens with zero attached hydrogens (tertiary/aromatic N) is 1. The number of rotatable bonds is 3. The highest BCUT2D eigenvalue weighted by molar-refractivity contribution is 7.97. The molecule has 3 nitrogen and oxygen atoms in total. The molecule has 0 aliphatic carbocycles. The van der Waals surface area contributed by atoms with Crippen LogP contribution in [-0.4, -0.2) is 22.3 Å². The summed E-state index contributed by atoms with van der Waals surface area (Å²) in [5.41, 5.74) is 1.67. The molecule has 0 saturated carbocycles. The van der Waals surface area contributed by atoms with Crippen molar-refractivity contribution in [3.8, 4) is 0 Å². The number of thioether (sulfide) groups is 1. The molecule has 2 aromatic rings. The fraction of sp³-hybridized carbons (Fsp3) is 0.167. The van der Waals surface area contributed by atoms with E-state index >= 15 is 0 Å². The van der Waals surface area contributed by atoms with Crippen LogP contribution in [0.2, 0.25) is 5.02 Å². The number of carboxylic acid groups (broad SMARTS) is 1. The van der Waals surface area contributed by atoms with Crippen LogP contribution in [0.15, 0.2) is 24.4 Å². The molecule has 5 heteroatoms. The monoisotopic (exact) mass is 267 g/mol. The summed E-state index contributed by atoms with van der Waals surface area (Å²) in [4.78, 5) is 15.6. The minimum Gasteiger partial charge on any atom is -0.478 e. The van der Waals surface area contributed by atoms with E-state index < -0.39 is 5.97 Å². The second-order valence-electron chi connectivity index (χ2n) is 3.56. The highest BCUT2D eigenvalue weighted by atomic mass is 35.5. The smallest absolute Gasteiger partial charge is 0.336 e. The van der Waals surface area contributed by atoms with E-state index in [0.29, 0.717) is 27.2 Å². The largest absolute Gasteiger partial charge is 0.478 e. The summed E-state index contributed by atoms with van der Waals surface area (Å²) in [5.74, 6) is -0.295. The molecule has 0 atom stereocenters. The van der Waals surface area contributed by atoms with Gasteiger partial charge in [0.15, 0.2) is 0 Å². The second kappa shape index (κ2) is 4.94. The number of fused-ring (bicyclic) bond motifs is 1. The molecule has 2 rings (SSSR count). The normalized spacial score (nSPS) is 10.7. The van der Waals surface area contributed by atoms with Gasteiger partial charge in [-0.2, -0.15) is 11.8 Å². The van der Waals surface area contributed by atoms with E-state index in [4.69, 9.17) is 11.6 Å². The number of pyridine rings is 1. The van der Waals surface area contributed by atoms with Gasteiger partial charge in [-0.25, -0.2) is 4.79 Å². The van der Waals surface area contributed by atoms with Crippen molar-refractivity contribution in [2.24, 2.45) is 0 Å². The van der Waals surface area contributed by atoms with Crippen molar-refractivity contribution < 1.29 is 9.90 Å². The summed E-state index contributed by atoms with van der Waals surface area (Å²) in [7, 11) is 0. The van der Waals surface area contributed by atoms with Gasteiger partial charge in [0.2, 0.25) is 0 Å². The van der Waals surface area contributed by atoms with Gasteiger partial charge in [0.25, 0.3) is 0 Å². The number of hydrogen-bond donors (Lipinski definition) is 1. The van der Waals surface area contributed by atoms with Crippen molar-refractivity contribution >= 4 is 40.2 Å². The van der Waals surface area contributed by atoms with Gasteiger partial charge in [0.1, 0.15) is 0 Å². The molecule has 17 heavy (non-hydrogen) atoms. The van der Waals surface area contributed by atoms with Gasteiger partial charge in [-0.1, -0.05) is 17.7 Å². The van der Waals surface area contributed by atoms with E-state index in [1.54, 1.807) is 36.2 Å². The average molecular weight is 268 g/mol. The van der Waals surface area contributed by atoms with Crippen molar-refractivity contribution in [3.63, 3.8) is 0 Å². The van der Waals surface area contributed by atoms with Crippen molar-refractivity contribution in [2.45, 2.75) is 5.75 Å². The maximum Gasteiger partial charge on any atom is 0.336 e. The van der Waals surface area contributed by atoms with Crippen LogP contribution >= 0.6 is 23.4 Å². The Kier molecular flexibility index (Phi) is 3.54. The molecule has 1 aromatic heterocycles. The highest BCUT2D eigenvalue weighted by Crippen LogP contribution is 2.25. The molecular formula is C12H10ClNO2S. The van der Waals surface area contributed by atoms with Crippen molar-refractivity contribution in [3.05, 3.63) is 40.5 Å². The topological polar surface area (TPSA) is 50.2 Å². The molecule has 88 valence electrons. The Bertz CT molecular complexity index is 586. The van der Waals surface area contributed by atoms with Crippen LogP contribution in [0.4, 0.5) is 0 Å². The zero-order valence-electron chi connectivity index (χ0n) is 9.11. The van der Waals surface area contributed by atoms with Crippen LogP contribution in [0.25, 0.3) is 10.9 Å². The lowest BCUT2D eigenvalue weighted by atomic mass is 10.0. The molecule has 1 heterocycles. The quantitative estimate of drug-likeness (QED) is 0.925. The van der Waals surface area contributed by atoms with Crippen LogP contribution in [-0.2, 0) is 5.75 Å². The fourth-order valence-corrected chi connectivity index (χ4v) is 2.42. The maximum atomic E-state index is 11.3. The van der Waals surface area contributed by atoms with Crippen molar-refractivity contribution in [2.75, 3.05) is 6.26 Å². The first-order valence-electron chi connectivity index (χ1n) is 4.93. The second-order valence-corrected chi connectivity index (χ2v) is 4.86. The van der Waals surface area contributed by atoms with Crippen LogP contribution in [0, 0.1) is 0 Å². The SMILES string of the molecule is CSCc1cnc2cc(Cl)ccc2c1C(=O)O. The Hall–Kier alpha value is -1.26. The van der Waals surface area contributed by atoms with E-state index in [-0.39, 0.29) is 0 Å². The van der Waals surface area contributed by atoms with E-state index in [2.05, 4.69) is 4.98 Å². The van der Waals surface area contributed by atoms with Gasteiger partial charge in [0, 0.05) is 22.4 Å². The third-order valence-corrected chi connectivity index (χ3v) is 3.26. The number of aromatic nitrogens is 1. The van der Waals surface area contributed by atoms with Crippen LogP contribution in [0.3, 0.4) is 0 Å². The maximum absolute atomic E-state index is 11.3. The fourth-order valence-electron chi connectivity index (χ4n) is 1.73. The Balaban J connectivity index is 2.74. The molecular weight excluding hydrogens is 258 g/mol. The van der Waals surface area contributed by atoms with Crippen molar-refractivity contribution in [1.82, 2.24) is 4.98 Å². The lowest BCUT2D eigenvalue weighted by molar-refractivity contribution is 0.0698. The Labute approximate surface area is 108 Å².